The van der Waals surface area contributed by atoms with Crippen molar-refractivity contribution in [3.8, 4) is 0 Å². The molecule has 0 saturated heterocycles. The minimum absolute atomic E-state index is 0. The monoisotopic (exact) mass is 445 g/mol. The van der Waals surface area contributed by atoms with Crippen LogP contribution >= 0.6 is 24.0 Å². The zero-order chi connectivity index (χ0) is 16.8. The molecule has 0 unspecified atom stereocenters. The van der Waals surface area contributed by atoms with Crippen molar-refractivity contribution < 1.29 is 4.39 Å². The predicted octanol–water partition coefficient (Wildman–Crippen LogP) is 2.70. The van der Waals surface area contributed by atoms with E-state index in [0.717, 1.165) is 18.7 Å². The van der Waals surface area contributed by atoms with E-state index in [1.54, 1.807) is 19.2 Å². The molecule has 0 atom stereocenters. The number of halogens is 2. The Labute approximate surface area is 159 Å². The van der Waals surface area contributed by atoms with Gasteiger partial charge in [0, 0.05) is 38.4 Å². The first-order valence-electron chi connectivity index (χ1n) is 7.70. The van der Waals surface area contributed by atoms with Gasteiger partial charge in [-0.3, -0.25) is 9.67 Å². The molecule has 0 aliphatic heterocycles. The number of aromatic nitrogens is 2. The fraction of sp³-hybridized carbons (Fsp3) is 0.412. The second kappa shape index (κ2) is 9.61. The highest BCUT2D eigenvalue weighted by Gasteiger charge is 2.09. The molecule has 5 nitrogen and oxygen atoms in total. The van der Waals surface area contributed by atoms with Gasteiger partial charge in [0.05, 0.1) is 5.69 Å². The van der Waals surface area contributed by atoms with Crippen LogP contribution in [0.15, 0.2) is 29.3 Å². The molecule has 0 amide bonds. The van der Waals surface area contributed by atoms with E-state index in [4.69, 9.17) is 0 Å². The lowest BCUT2D eigenvalue weighted by Gasteiger charge is -2.12. The van der Waals surface area contributed by atoms with Gasteiger partial charge in [-0.2, -0.15) is 5.10 Å². The molecule has 1 aromatic heterocycles. The van der Waals surface area contributed by atoms with E-state index in [1.165, 1.54) is 17.3 Å². The third-order valence-electron chi connectivity index (χ3n) is 3.95. The molecule has 2 aromatic rings. The fourth-order valence-electron chi connectivity index (χ4n) is 2.53. The van der Waals surface area contributed by atoms with Gasteiger partial charge in [-0.15, -0.1) is 24.0 Å². The number of guanidine groups is 1. The molecule has 0 fully saturated rings. The first-order valence-corrected chi connectivity index (χ1v) is 7.70. The fourth-order valence-corrected chi connectivity index (χ4v) is 2.53. The van der Waals surface area contributed by atoms with Crippen molar-refractivity contribution in [3.63, 3.8) is 0 Å². The molecule has 0 aliphatic carbocycles. The molecule has 24 heavy (non-hydrogen) atoms. The summed E-state index contributed by atoms with van der Waals surface area (Å²) >= 11 is 0. The number of hydrogen-bond acceptors (Lipinski definition) is 2. The largest absolute Gasteiger partial charge is 0.356 e. The van der Waals surface area contributed by atoms with Gasteiger partial charge in [0.15, 0.2) is 5.96 Å². The third-order valence-corrected chi connectivity index (χ3v) is 3.95. The number of aryl methyl sites for hydroxylation is 2. The lowest BCUT2D eigenvalue weighted by molar-refractivity contribution is 0.604. The van der Waals surface area contributed by atoms with Crippen molar-refractivity contribution in [1.29, 1.82) is 0 Å². The zero-order valence-corrected chi connectivity index (χ0v) is 16.9. The summed E-state index contributed by atoms with van der Waals surface area (Å²) in [5, 5.41) is 10.8. The predicted molar refractivity (Wildman–Crippen MR) is 106 cm³/mol. The second-order valence-electron chi connectivity index (χ2n) is 5.47. The standard InChI is InChI=1S/C17H24FN5.HI/c1-12-15(13(2)23(4)22-12)9-10-20-17(19-3)21-11-14-7-5-6-8-16(14)18;/h5-8H,9-11H2,1-4H3,(H2,19,20,21);1H. The molecule has 0 radical (unpaired) electrons. The minimum Gasteiger partial charge on any atom is -0.356 e. The molecule has 2 rings (SSSR count). The average Bonchev–Trinajstić information content (AvgIpc) is 2.78. The van der Waals surface area contributed by atoms with Crippen LogP contribution in [0.5, 0.6) is 0 Å². The van der Waals surface area contributed by atoms with Crippen LogP contribution in [-0.4, -0.2) is 29.3 Å². The Hall–Kier alpha value is -1.64. The summed E-state index contributed by atoms with van der Waals surface area (Å²) in [6.45, 7) is 5.23. The van der Waals surface area contributed by atoms with Gasteiger partial charge in [-0.25, -0.2) is 4.39 Å². The Morgan fingerprint density at radius 3 is 2.54 bits per heavy atom. The maximum absolute atomic E-state index is 13.6. The van der Waals surface area contributed by atoms with Crippen LogP contribution in [0, 0.1) is 19.7 Å². The van der Waals surface area contributed by atoms with E-state index >= 15 is 0 Å². The molecule has 0 aliphatic rings. The van der Waals surface area contributed by atoms with Crippen LogP contribution in [0.4, 0.5) is 4.39 Å². The summed E-state index contributed by atoms with van der Waals surface area (Å²) < 4.78 is 15.5. The van der Waals surface area contributed by atoms with Crippen molar-refractivity contribution in [1.82, 2.24) is 20.4 Å². The van der Waals surface area contributed by atoms with Crippen LogP contribution in [0.25, 0.3) is 0 Å². The minimum atomic E-state index is -0.211. The lowest BCUT2D eigenvalue weighted by atomic mass is 10.1. The van der Waals surface area contributed by atoms with Gasteiger partial charge in [0.2, 0.25) is 0 Å². The molecule has 1 heterocycles. The van der Waals surface area contributed by atoms with E-state index in [9.17, 15) is 4.39 Å². The van der Waals surface area contributed by atoms with Gasteiger partial charge < -0.3 is 10.6 Å². The van der Waals surface area contributed by atoms with Crippen LogP contribution < -0.4 is 10.6 Å². The molecule has 0 saturated carbocycles. The zero-order valence-electron chi connectivity index (χ0n) is 14.6. The van der Waals surface area contributed by atoms with Crippen LogP contribution in [0.3, 0.4) is 0 Å². The molecule has 132 valence electrons. The number of nitrogens with one attached hydrogen (secondary N) is 2. The van der Waals surface area contributed by atoms with Gasteiger partial charge in [-0.1, -0.05) is 18.2 Å². The number of aliphatic imine (C=N–C) groups is 1. The Morgan fingerprint density at radius 2 is 1.96 bits per heavy atom. The summed E-state index contributed by atoms with van der Waals surface area (Å²) in [6.07, 6.45) is 0.867. The highest BCUT2D eigenvalue weighted by atomic mass is 127. The van der Waals surface area contributed by atoms with E-state index in [2.05, 4.69) is 27.6 Å². The number of benzene rings is 1. The molecular formula is C17H25FIN5. The van der Waals surface area contributed by atoms with Gasteiger partial charge in [0.1, 0.15) is 5.82 Å². The molecule has 0 bridgehead atoms. The van der Waals surface area contributed by atoms with Gasteiger partial charge in [0.25, 0.3) is 0 Å². The smallest absolute Gasteiger partial charge is 0.191 e. The summed E-state index contributed by atoms with van der Waals surface area (Å²) in [7, 11) is 3.66. The van der Waals surface area contributed by atoms with Crippen molar-refractivity contribution in [2.24, 2.45) is 12.0 Å². The maximum Gasteiger partial charge on any atom is 0.191 e. The van der Waals surface area contributed by atoms with E-state index in [-0.39, 0.29) is 29.8 Å². The third kappa shape index (κ3) is 5.19. The van der Waals surface area contributed by atoms with Gasteiger partial charge >= 0.3 is 0 Å². The SMILES string of the molecule is CN=C(NCCc1c(C)nn(C)c1C)NCc1ccccc1F.I. The molecule has 7 heteroatoms. The van der Waals surface area contributed by atoms with E-state index in [1.807, 2.05) is 24.7 Å². The van der Waals surface area contributed by atoms with Crippen LogP contribution in [-0.2, 0) is 20.0 Å². The Balaban J connectivity index is 0.00000288. The van der Waals surface area contributed by atoms with Crippen molar-refractivity contribution in [2.75, 3.05) is 13.6 Å². The number of nitrogens with zero attached hydrogens (tertiary/aromatic N) is 3. The Kier molecular flexibility index (Phi) is 8.17. The van der Waals surface area contributed by atoms with Crippen LogP contribution in [0.1, 0.15) is 22.5 Å². The highest BCUT2D eigenvalue weighted by molar-refractivity contribution is 14.0. The van der Waals surface area contributed by atoms with Gasteiger partial charge in [-0.05, 0) is 31.9 Å². The summed E-state index contributed by atoms with van der Waals surface area (Å²) in [5.41, 5.74) is 4.11. The Morgan fingerprint density at radius 1 is 1.25 bits per heavy atom. The van der Waals surface area contributed by atoms with E-state index in [0.29, 0.717) is 18.1 Å². The molecule has 2 N–H and O–H groups in total. The quantitative estimate of drug-likeness (QED) is 0.423. The maximum atomic E-state index is 13.6. The first-order chi connectivity index (χ1) is 11.0. The van der Waals surface area contributed by atoms with Crippen molar-refractivity contribution in [3.05, 3.63) is 52.6 Å². The lowest BCUT2D eigenvalue weighted by Crippen LogP contribution is -2.38. The highest BCUT2D eigenvalue weighted by Crippen LogP contribution is 2.11. The van der Waals surface area contributed by atoms with E-state index < -0.39 is 0 Å². The topological polar surface area (TPSA) is 54.2 Å². The molecular weight excluding hydrogens is 420 g/mol. The first kappa shape index (κ1) is 20.4. The van der Waals surface area contributed by atoms with Crippen molar-refractivity contribution in [2.45, 2.75) is 26.8 Å². The summed E-state index contributed by atoms with van der Waals surface area (Å²) in [4.78, 5) is 4.17. The number of rotatable bonds is 5. The van der Waals surface area contributed by atoms with Crippen LogP contribution in [0.2, 0.25) is 0 Å². The van der Waals surface area contributed by atoms with Crippen molar-refractivity contribution >= 4 is 29.9 Å². The molecule has 1 aromatic carbocycles. The summed E-state index contributed by atoms with van der Waals surface area (Å²) in [5.74, 6) is 0.449. The molecule has 0 spiro atoms. The normalized spacial score (nSPS) is 11.1. The number of hydrogen-bond donors (Lipinski definition) is 2. The second-order valence-corrected chi connectivity index (χ2v) is 5.47. The summed E-state index contributed by atoms with van der Waals surface area (Å²) in [6, 6.07) is 6.73. The average molecular weight is 445 g/mol. The Bertz CT molecular complexity index is 696.